The third kappa shape index (κ3) is 2.49. The Labute approximate surface area is 110 Å². The first-order chi connectivity index (χ1) is 9.20. The van der Waals surface area contributed by atoms with Gasteiger partial charge in [0.2, 0.25) is 0 Å². The smallest absolute Gasteiger partial charge is 0.419 e. The van der Waals surface area contributed by atoms with Crippen molar-refractivity contribution in [1.29, 1.82) is 0 Å². The topological polar surface area (TPSA) is 55.1 Å². The van der Waals surface area contributed by atoms with E-state index in [1.807, 2.05) is 0 Å². The molecule has 0 aliphatic carbocycles. The number of carboxylic acids is 1. The van der Waals surface area contributed by atoms with Crippen molar-refractivity contribution in [3.8, 4) is 5.69 Å². The van der Waals surface area contributed by atoms with Gasteiger partial charge in [-0.15, -0.1) is 0 Å². The van der Waals surface area contributed by atoms with E-state index in [2.05, 4.69) is 5.10 Å². The summed E-state index contributed by atoms with van der Waals surface area (Å²) in [5, 5.41) is 12.4. The van der Waals surface area contributed by atoms with E-state index in [4.69, 9.17) is 5.11 Å². The van der Waals surface area contributed by atoms with E-state index in [1.54, 1.807) is 0 Å². The summed E-state index contributed by atoms with van der Waals surface area (Å²) in [6.45, 7) is 1.48. The molecule has 4 nitrogen and oxygen atoms in total. The first-order valence-electron chi connectivity index (χ1n) is 5.37. The van der Waals surface area contributed by atoms with Crippen molar-refractivity contribution >= 4 is 5.97 Å². The lowest BCUT2D eigenvalue weighted by Gasteiger charge is -2.11. The van der Waals surface area contributed by atoms with Crippen LogP contribution in [0.25, 0.3) is 5.69 Å². The number of benzene rings is 1. The van der Waals surface area contributed by atoms with Crippen molar-refractivity contribution in [1.82, 2.24) is 9.78 Å². The van der Waals surface area contributed by atoms with E-state index in [9.17, 15) is 22.4 Å². The summed E-state index contributed by atoms with van der Waals surface area (Å²) in [5.41, 5.74) is -1.48. The molecule has 1 N–H and O–H groups in total. The Bertz CT molecular complexity index is 677. The Morgan fingerprint density at radius 3 is 2.45 bits per heavy atom. The SMILES string of the molecule is Cc1cc(C(=O)O)nn1-c1ccc(F)c(C(F)(F)F)c1. The molecule has 1 aromatic carbocycles. The van der Waals surface area contributed by atoms with E-state index in [1.165, 1.54) is 13.0 Å². The lowest BCUT2D eigenvalue weighted by atomic mass is 10.2. The highest BCUT2D eigenvalue weighted by Crippen LogP contribution is 2.32. The van der Waals surface area contributed by atoms with Crippen LogP contribution >= 0.6 is 0 Å². The number of carboxylic acid groups (broad SMARTS) is 1. The van der Waals surface area contributed by atoms with Crippen LogP contribution < -0.4 is 0 Å². The first kappa shape index (κ1) is 14.0. The molecule has 0 radical (unpaired) electrons. The molecule has 0 atom stereocenters. The second-order valence-electron chi connectivity index (χ2n) is 4.05. The molecule has 1 aromatic heterocycles. The zero-order chi connectivity index (χ0) is 15.1. The summed E-state index contributed by atoms with van der Waals surface area (Å²) < 4.78 is 52.0. The van der Waals surface area contributed by atoms with Gasteiger partial charge in [-0.05, 0) is 31.2 Å². The molecule has 106 valence electrons. The normalized spacial score (nSPS) is 11.7. The average molecular weight is 288 g/mol. The van der Waals surface area contributed by atoms with Crippen molar-refractivity contribution in [3.63, 3.8) is 0 Å². The van der Waals surface area contributed by atoms with E-state index in [-0.39, 0.29) is 11.4 Å². The largest absolute Gasteiger partial charge is 0.476 e. The molecule has 0 spiro atoms. The number of carbonyl (C=O) groups is 1. The van der Waals surface area contributed by atoms with Crippen molar-refractivity contribution in [2.24, 2.45) is 0 Å². The Kier molecular flexibility index (Phi) is 3.24. The lowest BCUT2D eigenvalue weighted by Crippen LogP contribution is -2.10. The maximum atomic E-state index is 13.2. The molecular formula is C12H8F4N2O2. The minimum Gasteiger partial charge on any atom is -0.476 e. The number of hydrogen-bond acceptors (Lipinski definition) is 2. The van der Waals surface area contributed by atoms with Crippen LogP contribution in [0.2, 0.25) is 0 Å². The number of aromatic nitrogens is 2. The van der Waals surface area contributed by atoms with E-state index in [0.717, 1.165) is 10.7 Å². The van der Waals surface area contributed by atoms with E-state index < -0.39 is 23.5 Å². The van der Waals surface area contributed by atoms with Crippen molar-refractivity contribution in [2.75, 3.05) is 0 Å². The van der Waals surface area contributed by atoms with Gasteiger partial charge < -0.3 is 5.11 Å². The standard InChI is InChI=1S/C12H8F4N2O2/c1-6-4-10(11(19)20)17-18(6)7-2-3-9(13)8(5-7)12(14,15)16/h2-5H,1H3,(H,19,20). The molecule has 8 heteroatoms. The van der Waals surface area contributed by atoms with Crippen molar-refractivity contribution < 1.29 is 27.5 Å². The molecule has 0 fully saturated rings. The second-order valence-corrected chi connectivity index (χ2v) is 4.05. The number of alkyl halides is 3. The summed E-state index contributed by atoms with van der Waals surface area (Å²) >= 11 is 0. The van der Waals surface area contributed by atoms with Gasteiger partial charge in [0.1, 0.15) is 5.82 Å². The molecule has 0 amide bonds. The van der Waals surface area contributed by atoms with Crippen LogP contribution in [-0.4, -0.2) is 20.9 Å². The third-order valence-electron chi connectivity index (χ3n) is 2.61. The number of hydrogen-bond donors (Lipinski definition) is 1. The van der Waals surface area contributed by atoms with Crippen LogP contribution in [-0.2, 0) is 6.18 Å². The van der Waals surface area contributed by atoms with Crippen LogP contribution in [0.1, 0.15) is 21.7 Å². The van der Waals surface area contributed by atoms with Crippen molar-refractivity contribution in [2.45, 2.75) is 13.1 Å². The Hall–Kier alpha value is -2.38. The predicted molar refractivity (Wildman–Crippen MR) is 60.2 cm³/mol. The Morgan fingerprint density at radius 1 is 1.30 bits per heavy atom. The van der Waals surface area contributed by atoms with Gasteiger partial charge in [0.05, 0.1) is 11.3 Å². The number of aromatic carboxylic acids is 1. The second kappa shape index (κ2) is 4.62. The van der Waals surface area contributed by atoms with E-state index >= 15 is 0 Å². The fourth-order valence-corrected chi connectivity index (χ4v) is 1.70. The Morgan fingerprint density at radius 2 is 1.95 bits per heavy atom. The Balaban J connectivity index is 2.57. The zero-order valence-electron chi connectivity index (χ0n) is 10.1. The maximum absolute atomic E-state index is 13.2. The predicted octanol–water partition coefficient (Wildman–Crippen LogP) is 3.04. The van der Waals surface area contributed by atoms with Gasteiger partial charge in [-0.3, -0.25) is 0 Å². The van der Waals surface area contributed by atoms with Crippen molar-refractivity contribution in [3.05, 3.63) is 47.0 Å². The number of halogens is 4. The van der Waals surface area contributed by atoms with Gasteiger partial charge in [0.15, 0.2) is 5.69 Å². The molecule has 0 saturated heterocycles. The summed E-state index contributed by atoms with van der Waals surface area (Å²) in [7, 11) is 0. The zero-order valence-corrected chi connectivity index (χ0v) is 10.1. The summed E-state index contributed by atoms with van der Waals surface area (Å²) in [6, 6.07) is 3.55. The number of nitrogens with zero attached hydrogens (tertiary/aromatic N) is 2. The molecule has 1 heterocycles. The highest BCUT2D eigenvalue weighted by atomic mass is 19.4. The van der Waals surface area contributed by atoms with Crippen LogP contribution in [0.5, 0.6) is 0 Å². The minimum absolute atomic E-state index is 0.0660. The van der Waals surface area contributed by atoms with Crippen LogP contribution in [0, 0.1) is 12.7 Å². The number of aryl methyl sites for hydroxylation is 1. The van der Waals surface area contributed by atoms with Gasteiger partial charge in [0.25, 0.3) is 0 Å². The van der Waals surface area contributed by atoms with Crippen LogP contribution in [0.15, 0.2) is 24.3 Å². The first-order valence-corrected chi connectivity index (χ1v) is 5.37. The summed E-state index contributed by atoms with van der Waals surface area (Å²) in [5.74, 6) is -2.70. The fourth-order valence-electron chi connectivity index (χ4n) is 1.70. The quantitative estimate of drug-likeness (QED) is 0.864. The van der Waals surface area contributed by atoms with Gasteiger partial charge in [-0.25, -0.2) is 13.9 Å². The third-order valence-corrected chi connectivity index (χ3v) is 2.61. The van der Waals surface area contributed by atoms with E-state index in [0.29, 0.717) is 17.8 Å². The van der Waals surface area contributed by atoms with Gasteiger partial charge in [0, 0.05) is 5.69 Å². The minimum atomic E-state index is -4.84. The monoisotopic (exact) mass is 288 g/mol. The molecular weight excluding hydrogens is 280 g/mol. The van der Waals surface area contributed by atoms with Crippen LogP contribution in [0.3, 0.4) is 0 Å². The van der Waals surface area contributed by atoms with Gasteiger partial charge in [-0.1, -0.05) is 0 Å². The average Bonchev–Trinajstić information content (AvgIpc) is 2.71. The number of rotatable bonds is 2. The molecule has 0 bridgehead atoms. The van der Waals surface area contributed by atoms with Gasteiger partial charge >= 0.3 is 12.1 Å². The lowest BCUT2D eigenvalue weighted by molar-refractivity contribution is -0.140. The summed E-state index contributed by atoms with van der Waals surface area (Å²) in [6.07, 6.45) is -4.84. The highest BCUT2D eigenvalue weighted by Gasteiger charge is 2.34. The fraction of sp³-hybridized carbons (Fsp3) is 0.167. The molecule has 2 rings (SSSR count). The molecule has 0 aliphatic rings. The summed E-state index contributed by atoms with van der Waals surface area (Å²) in [4.78, 5) is 10.8. The molecule has 0 unspecified atom stereocenters. The molecule has 0 saturated carbocycles. The molecule has 2 aromatic rings. The highest BCUT2D eigenvalue weighted by molar-refractivity contribution is 5.85. The van der Waals surface area contributed by atoms with Gasteiger partial charge in [-0.2, -0.15) is 18.3 Å². The molecule has 20 heavy (non-hydrogen) atoms. The maximum Gasteiger partial charge on any atom is 0.419 e. The van der Waals surface area contributed by atoms with Crippen LogP contribution in [0.4, 0.5) is 17.6 Å². The molecule has 0 aliphatic heterocycles.